The van der Waals surface area contributed by atoms with Gasteiger partial charge in [-0.15, -0.1) is 0 Å². The van der Waals surface area contributed by atoms with Crippen LogP contribution in [0, 0.1) is 0 Å². The van der Waals surface area contributed by atoms with E-state index >= 15 is 0 Å². The number of rotatable bonds is 2. The third kappa shape index (κ3) is 4.00. The highest BCUT2D eigenvalue weighted by atomic mass is 16.6. The Kier molecular flexibility index (Phi) is 3.67. The van der Waals surface area contributed by atoms with Gasteiger partial charge in [-0.2, -0.15) is 0 Å². The van der Waals surface area contributed by atoms with Crippen LogP contribution in [0.2, 0.25) is 0 Å². The van der Waals surface area contributed by atoms with Crippen molar-refractivity contribution < 1.29 is 14.3 Å². The highest BCUT2D eigenvalue weighted by Crippen LogP contribution is 2.12. The quantitative estimate of drug-likeness (QED) is 0.749. The van der Waals surface area contributed by atoms with Crippen molar-refractivity contribution in [2.24, 2.45) is 0 Å². The molecule has 1 amide bonds. The summed E-state index contributed by atoms with van der Waals surface area (Å²) in [7, 11) is 0. The van der Waals surface area contributed by atoms with Crippen molar-refractivity contribution in [3.8, 4) is 0 Å². The van der Waals surface area contributed by atoms with Crippen molar-refractivity contribution in [1.29, 1.82) is 0 Å². The van der Waals surface area contributed by atoms with Crippen LogP contribution in [-0.4, -0.2) is 30.4 Å². The van der Waals surface area contributed by atoms with Crippen LogP contribution in [0.4, 0.5) is 4.79 Å². The predicted molar refractivity (Wildman–Crippen MR) is 60.8 cm³/mol. The SMILES string of the molecule is C=C1N[C@@H](CNC(=O)OC(C)(C)C)C(C)O1. The minimum absolute atomic E-state index is 0.00226. The number of carbonyl (C=O) groups is 1. The van der Waals surface area contributed by atoms with Crippen molar-refractivity contribution in [1.82, 2.24) is 10.6 Å². The number of hydrogen-bond acceptors (Lipinski definition) is 4. The average molecular weight is 228 g/mol. The Bertz CT molecular complexity index is 283. The minimum atomic E-state index is -0.473. The first-order chi connectivity index (χ1) is 7.28. The Balaban J connectivity index is 2.30. The molecule has 0 spiro atoms. The Morgan fingerprint density at radius 3 is 2.69 bits per heavy atom. The molecule has 1 aliphatic rings. The lowest BCUT2D eigenvalue weighted by atomic mass is 10.2. The van der Waals surface area contributed by atoms with E-state index in [1.54, 1.807) is 0 Å². The van der Waals surface area contributed by atoms with Crippen molar-refractivity contribution >= 4 is 6.09 Å². The molecule has 1 aliphatic heterocycles. The number of ether oxygens (including phenoxy) is 2. The zero-order valence-electron chi connectivity index (χ0n) is 10.3. The Morgan fingerprint density at radius 1 is 1.62 bits per heavy atom. The monoisotopic (exact) mass is 228 g/mol. The lowest BCUT2D eigenvalue weighted by Crippen LogP contribution is -2.43. The molecule has 2 atom stereocenters. The van der Waals surface area contributed by atoms with E-state index in [1.807, 2.05) is 27.7 Å². The molecule has 0 aromatic rings. The van der Waals surface area contributed by atoms with Crippen LogP contribution in [-0.2, 0) is 9.47 Å². The maximum Gasteiger partial charge on any atom is 0.407 e. The topological polar surface area (TPSA) is 59.6 Å². The highest BCUT2D eigenvalue weighted by Gasteiger charge is 2.27. The number of carbonyl (C=O) groups excluding carboxylic acids is 1. The zero-order valence-corrected chi connectivity index (χ0v) is 10.3. The molecule has 2 N–H and O–H groups in total. The average Bonchev–Trinajstić information content (AvgIpc) is 2.38. The van der Waals surface area contributed by atoms with Gasteiger partial charge in [0.1, 0.15) is 11.7 Å². The number of amides is 1. The fourth-order valence-electron chi connectivity index (χ4n) is 1.39. The smallest absolute Gasteiger partial charge is 0.407 e. The minimum Gasteiger partial charge on any atom is -0.474 e. The summed E-state index contributed by atoms with van der Waals surface area (Å²) in [5.41, 5.74) is -0.473. The molecule has 1 unspecified atom stereocenters. The Hall–Kier alpha value is -1.39. The van der Waals surface area contributed by atoms with Crippen LogP contribution in [0.25, 0.3) is 0 Å². The number of alkyl carbamates (subject to hydrolysis) is 1. The second-order valence-corrected chi connectivity index (χ2v) is 4.88. The molecule has 92 valence electrons. The van der Waals surface area contributed by atoms with Gasteiger partial charge in [0.25, 0.3) is 0 Å². The largest absolute Gasteiger partial charge is 0.474 e. The van der Waals surface area contributed by atoms with Gasteiger partial charge >= 0.3 is 6.09 Å². The summed E-state index contributed by atoms with van der Waals surface area (Å²) in [6.07, 6.45) is -0.415. The normalized spacial score (nSPS) is 24.6. The van der Waals surface area contributed by atoms with E-state index in [0.29, 0.717) is 12.4 Å². The zero-order chi connectivity index (χ0) is 12.3. The third-order valence-corrected chi connectivity index (χ3v) is 2.11. The molecule has 1 heterocycles. The van der Waals surface area contributed by atoms with Crippen LogP contribution in [0.1, 0.15) is 27.7 Å². The Labute approximate surface area is 96.2 Å². The molecular formula is C11H20N2O3. The molecule has 5 heteroatoms. The molecule has 0 bridgehead atoms. The van der Waals surface area contributed by atoms with E-state index in [2.05, 4.69) is 17.2 Å². The van der Waals surface area contributed by atoms with Gasteiger partial charge < -0.3 is 20.1 Å². The fraction of sp³-hybridized carbons (Fsp3) is 0.727. The van der Waals surface area contributed by atoms with Crippen molar-refractivity contribution in [2.75, 3.05) is 6.54 Å². The maximum absolute atomic E-state index is 11.4. The molecule has 1 fully saturated rings. The first-order valence-corrected chi connectivity index (χ1v) is 5.37. The first kappa shape index (κ1) is 12.7. The molecule has 16 heavy (non-hydrogen) atoms. The molecule has 0 aliphatic carbocycles. The maximum atomic E-state index is 11.4. The lowest BCUT2D eigenvalue weighted by molar-refractivity contribution is 0.0518. The van der Waals surface area contributed by atoms with Gasteiger partial charge in [0, 0.05) is 6.54 Å². The van der Waals surface area contributed by atoms with E-state index in [9.17, 15) is 4.79 Å². The van der Waals surface area contributed by atoms with Crippen LogP contribution in [0.15, 0.2) is 12.5 Å². The molecule has 5 nitrogen and oxygen atoms in total. The van der Waals surface area contributed by atoms with Crippen molar-refractivity contribution in [3.05, 3.63) is 12.5 Å². The second kappa shape index (κ2) is 4.63. The second-order valence-electron chi connectivity index (χ2n) is 4.88. The van der Waals surface area contributed by atoms with Crippen LogP contribution < -0.4 is 10.6 Å². The van der Waals surface area contributed by atoms with Gasteiger partial charge in [0.15, 0.2) is 5.88 Å². The molecule has 0 aromatic carbocycles. The Morgan fingerprint density at radius 2 is 2.25 bits per heavy atom. The summed E-state index contributed by atoms with van der Waals surface area (Å²) in [5, 5.41) is 5.72. The lowest BCUT2D eigenvalue weighted by Gasteiger charge is -2.21. The summed E-state index contributed by atoms with van der Waals surface area (Å²) < 4.78 is 10.4. The predicted octanol–water partition coefficient (Wildman–Crippen LogP) is 1.36. The number of hydrogen-bond donors (Lipinski definition) is 2. The summed E-state index contributed by atoms with van der Waals surface area (Å²) in [4.78, 5) is 11.4. The van der Waals surface area contributed by atoms with E-state index in [-0.39, 0.29) is 12.1 Å². The molecule has 1 rings (SSSR count). The molecular weight excluding hydrogens is 208 g/mol. The van der Waals surface area contributed by atoms with Gasteiger partial charge in [-0.1, -0.05) is 0 Å². The van der Waals surface area contributed by atoms with Gasteiger partial charge in [-0.3, -0.25) is 0 Å². The summed E-state index contributed by atoms with van der Waals surface area (Å²) in [6, 6.07) is 0.0417. The fourth-order valence-corrected chi connectivity index (χ4v) is 1.39. The van der Waals surface area contributed by atoms with Crippen LogP contribution in [0.5, 0.6) is 0 Å². The summed E-state index contributed by atoms with van der Waals surface area (Å²) in [5.74, 6) is 0.545. The van der Waals surface area contributed by atoms with Gasteiger partial charge in [-0.05, 0) is 34.3 Å². The summed E-state index contributed by atoms with van der Waals surface area (Å²) in [6.45, 7) is 11.5. The van der Waals surface area contributed by atoms with Crippen molar-refractivity contribution in [3.63, 3.8) is 0 Å². The van der Waals surface area contributed by atoms with Gasteiger partial charge in [-0.25, -0.2) is 4.79 Å². The van der Waals surface area contributed by atoms with Crippen LogP contribution >= 0.6 is 0 Å². The molecule has 0 radical (unpaired) electrons. The van der Waals surface area contributed by atoms with E-state index in [4.69, 9.17) is 9.47 Å². The molecule has 0 aromatic heterocycles. The van der Waals surface area contributed by atoms with Gasteiger partial charge in [0.2, 0.25) is 0 Å². The first-order valence-electron chi connectivity index (χ1n) is 5.37. The third-order valence-electron chi connectivity index (χ3n) is 2.11. The standard InChI is InChI=1S/C11H20N2O3/c1-7-9(13-8(2)15-7)6-12-10(14)16-11(3,4)5/h7,9,13H,2,6H2,1,3-5H3,(H,12,14)/t7?,9-/m0/s1. The molecule has 1 saturated heterocycles. The van der Waals surface area contributed by atoms with E-state index in [1.165, 1.54) is 0 Å². The van der Waals surface area contributed by atoms with E-state index < -0.39 is 11.7 Å². The van der Waals surface area contributed by atoms with Crippen LogP contribution in [0.3, 0.4) is 0 Å². The van der Waals surface area contributed by atoms with Gasteiger partial charge in [0.05, 0.1) is 6.04 Å². The summed E-state index contributed by atoms with van der Waals surface area (Å²) >= 11 is 0. The molecule has 0 saturated carbocycles. The van der Waals surface area contributed by atoms with E-state index in [0.717, 1.165) is 0 Å². The highest BCUT2D eigenvalue weighted by molar-refractivity contribution is 5.67. The van der Waals surface area contributed by atoms with Crippen molar-refractivity contribution in [2.45, 2.75) is 45.4 Å². The number of nitrogens with one attached hydrogen (secondary N) is 2.